The molecule has 1 saturated heterocycles. The van der Waals surface area contributed by atoms with Gasteiger partial charge in [-0.1, -0.05) is 0 Å². The van der Waals surface area contributed by atoms with E-state index in [4.69, 9.17) is 5.73 Å². The second-order valence-electron chi connectivity index (χ2n) is 4.28. The highest BCUT2D eigenvalue weighted by Gasteiger charge is 2.32. The second kappa shape index (κ2) is 5.53. The fourth-order valence-electron chi connectivity index (χ4n) is 1.80. The summed E-state index contributed by atoms with van der Waals surface area (Å²) >= 11 is 0. The molecule has 0 radical (unpaired) electrons. The largest absolute Gasteiger partial charge is 0.411 e. The predicted molar refractivity (Wildman–Crippen MR) is 56.2 cm³/mol. The van der Waals surface area contributed by atoms with Gasteiger partial charge in [-0.15, -0.1) is 0 Å². The molecule has 17 heavy (non-hydrogen) atoms. The first kappa shape index (κ1) is 14.7. The third kappa shape index (κ3) is 5.69. The van der Waals surface area contributed by atoms with Gasteiger partial charge in [0.05, 0.1) is 11.5 Å². The van der Waals surface area contributed by atoms with Crippen LogP contribution >= 0.6 is 0 Å². The number of sulfone groups is 1. The molecular weight excluding hydrogens is 259 g/mol. The van der Waals surface area contributed by atoms with E-state index in [0.29, 0.717) is 6.42 Å². The van der Waals surface area contributed by atoms with Crippen LogP contribution in [0.3, 0.4) is 0 Å². The molecule has 2 N–H and O–H groups in total. The van der Waals surface area contributed by atoms with Crippen LogP contribution in [0.1, 0.15) is 12.8 Å². The maximum atomic E-state index is 11.7. The van der Waals surface area contributed by atoms with Gasteiger partial charge in [-0.25, -0.2) is 8.42 Å². The lowest BCUT2D eigenvalue weighted by atomic mass is 9.98. The van der Waals surface area contributed by atoms with Crippen LogP contribution in [0, 0.1) is 5.92 Å². The Labute approximate surface area is 98.2 Å². The summed E-state index contributed by atoms with van der Waals surface area (Å²) in [5.74, 6) is -0.00291. The Morgan fingerprint density at radius 2 is 2.06 bits per heavy atom. The van der Waals surface area contributed by atoms with Crippen molar-refractivity contribution in [2.45, 2.75) is 25.1 Å². The molecule has 102 valence electrons. The van der Waals surface area contributed by atoms with Crippen LogP contribution in [0.15, 0.2) is 0 Å². The van der Waals surface area contributed by atoms with E-state index in [1.54, 1.807) is 0 Å². The molecule has 1 rings (SSSR count). The average Bonchev–Trinajstić information content (AvgIpc) is 2.52. The Bertz CT molecular complexity index is 342. The van der Waals surface area contributed by atoms with E-state index in [-0.39, 0.29) is 30.5 Å². The van der Waals surface area contributed by atoms with Crippen LogP contribution in [0.4, 0.5) is 13.2 Å². The fraction of sp³-hybridized carbons (Fsp3) is 1.00. The first-order valence-corrected chi connectivity index (χ1v) is 7.12. The Kier molecular flexibility index (Phi) is 4.79. The summed E-state index contributed by atoms with van der Waals surface area (Å²) < 4.78 is 62.0. The van der Waals surface area contributed by atoms with Gasteiger partial charge in [0, 0.05) is 12.6 Å². The van der Waals surface area contributed by atoms with E-state index in [2.05, 4.69) is 4.74 Å². The van der Waals surface area contributed by atoms with Crippen molar-refractivity contribution in [3.8, 4) is 0 Å². The van der Waals surface area contributed by atoms with E-state index in [1.165, 1.54) is 0 Å². The van der Waals surface area contributed by atoms with Crippen molar-refractivity contribution in [2.24, 2.45) is 11.7 Å². The maximum Gasteiger partial charge on any atom is 0.411 e. The summed E-state index contributed by atoms with van der Waals surface area (Å²) in [6.07, 6.45) is -3.60. The van der Waals surface area contributed by atoms with Gasteiger partial charge in [0.25, 0.3) is 0 Å². The zero-order valence-electron chi connectivity index (χ0n) is 9.24. The SMILES string of the molecule is NC(CCOCC(F)(F)F)C1CCS(=O)(=O)C1. The number of ether oxygens (including phenoxy) is 1. The fourth-order valence-corrected chi connectivity index (χ4v) is 3.70. The molecular formula is C9H16F3NO3S. The van der Waals surface area contributed by atoms with Crippen molar-refractivity contribution in [1.29, 1.82) is 0 Å². The Morgan fingerprint density at radius 1 is 1.41 bits per heavy atom. The average molecular weight is 275 g/mol. The molecule has 1 heterocycles. The highest BCUT2D eigenvalue weighted by Crippen LogP contribution is 2.22. The minimum absolute atomic E-state index is 0.0352. The number of alkyl halides is 3. The first-order chi connectivity index (χ1) is 7.70. The highest BCUT2D eigenvalue weighted by atomic mass is 32.2. The van der Waals surface area contributed by atoms with E-state index in [9.17, 15) is 21.6 Å². The van der Waals surface area contributed by atoms with E-state index >= 15 is 0 Å². The topological polar surface area (TPSA) is 69.4 Å². The van der Waals surface area contributed by atoms with E-state index < -0.39 is 28.7 Å². The van der Waals surface area contributed by atoms with E-state index in [0.717, 1.165) is 0 Å². The second-order valence-corrected chi connectivity index (χ2v) is 6.51. The van der Waals surface area contributed by atoms with Gasteiger partial charge < -0.3 is 10.5 Å². The minimum Gasteiger partial charge on any atom is -0.372 e. The number of nitrogens with two attached hydrogens (primary N) is 1. The van der Waals surface area contributed by atoms with Crippen molar-refractivity contribution < 1.29 is 26.3 Å². The van der Waals surface area contributed by atoms with Crippen molar-refractivity contribution in [1.82, 2.24) is 0 Å². The molecule has 0 aromatic carbocycles. The van der Waals surface area contributed by atoms with E-state index in [1.807, 2.05) is 0 Å². The molecule has 0 saturated carbocycles. The molecule has 2 atom stereocenters. The normalized spacial score (nSPS) is 26.0. The summed E-state index contributed by atoms with van der Waals surface area (Å²) in [6, 6.07) is -0.416. The number of hydrogen-bond donors (Lipinski definition) is 1. The van der Waals surface area contributed by atoms with Gasteiger partial charge >= 0.3 is 6.18 Å². The monoisotopic (exact) mass is 275 g/mol. The van der Waals surface area contributed by atoms with Crippen LogP contribution in [0.25, 0.3) is 0 Å². The number of rotatable bonds is 5. The smallest absolute Gasteiger partial charge is 0.372 e. The van der Waals surface area contributed by atoms with Crippen LogP contribution in [-0.4, -0.2) is 45.4 Å². The summed E-state index contributed by atoms with van der Waals surface area (Å²) in [7, 11) is -3.00. The van der Waals surface area contributed by atoms with Gasteiger partial charge in [0.2, 0.25) is 0 Å². The number of hydrogen-bond acceptors (Lipinski definition) is 4. The molecule has 1 fully saturated rings. The van der Waals surface area contributed by atoms with Gasteiger partial charge in [0.15, 0.2) is 9.84 Å². The molecule has 0 aromatic rings. The predicted octanol–water partition coefficient (Wildman–Crippen LogP) is 0.717. The molecule has 1 aliphatic heterocycles. The molecule has 0 amide bonds. The zero-order chi connectivity index (χ0) is 13.1. The maximum absolute atomic E-state index is 11.7. The highest BCUT2D eigenvalue weighted by molar-refractivity contribution is 7.91. The van der Waals surface area contributed by atoms with Crippen LogP contribution in [0.2, 0.25) is 0 Å². The molecule has 0 bridgehead atoms. The summed E-state index contributed by atoms with van der Waals surface area (Å²) in [5.41, 5.74) is 5.72. The first-order valence-electron chi connectivity index (χ1n) is 5.30. The Morgan fingerprint density at radius 3 is 2.53 bits per heavy atom. The van der Waals surface area contributed by atoms with Crippen LogP contribution < -0.4 is 5.73 Å². The van der Waals surface area contributed by atoms with Crippen molar-refractivity contribution in [3.05, 3.63) is 0 Å². The van der Waals surface area contributed by atoms with Crippen LogP contribution in [-0.2, 0) is 14.6 Å². The van der Waals surface area contributed by atoms with Crippen LogP contribution in [0.5, 0.6) is 0 Å². The standard InChI is InChI=1S/C9H16F3NO3S/c10-9(11,12)6-16-3-1-8(13)7-2-4-17(14,15)5-7/h7-8H,1-6,13H2. The molecule has 2 unspecified atom stereocenters. The quantitative estimate of drug-likeness (QED) is 0.751. The zero-order valence-corrected chi connectivity index (χ0v) is 10.1. The Hall–Kier alpha value is -0.340. The molecule has 4 nitrogen and oxygen atoms in total. The molecule has 0 aliphatic carbocycles. The molecule has 0 aromatic heterocycles. The number of halogens is 3. The molecule has 8 heteroatoms. The molecule has 1 aliphatic rings. The van der Waals surface area contributed by atoms with Crippen molar-refractivity contribution in [3.63, 3.8) is 0 Å². The summed E-state index contributed by atoms with van der Waals surface area (Å²) in [5, 5.41) is 0. The van der Waals surface area contributed by atoms with Gasteiger partial charge in [-0.3, -0.25) is 0 Å². The summed E-state index contributed by atoms with van der Waals surface area (Å²) in [4.78, 5) is 0. The summed E-state index contributed by atoms with van der Waals surface area (Å²) in [6.45, 7) is -1.39. The Balaban J connectivity index is 2.20. The van der Waals surface area contributed by atoms with Gasteiger partial charge in [-0.2, -0.15) is 13.2 Å². The molecule has 0 spiro atoms. The van der Waals surface area contributed by atoms with Crippen molar-refractivity contribution in [2.75, 3.05) is 24.7 Å². The van der Waals surface area contributed by atoms with Crippen molar-refractivity contribution >= 4 is 9.84 Å². The van der Waals surface area contributed by atoms with Gasteiger partial charge in [0.1, 0.15) is 6.61 Å². The third-order valence-corrected chi connectivity index (χ3v) is 4.53. The third-order valence-electron chi connectivity index (χ3n) is 2.73. The lowest BCUT2D eigenvalue weighted by molar-refractivity contribution is -0.174. The van der Waals surface area contributed by atoms with Gasteiger partial charge in [-0.05, 0) is 18.8 Å². The lowest BCUT2D eigenvalue weighted by Gasteiger charge is -2.17. The minimum atomic E-state index is -4.33. The lowest BCUT2D eigenvalue weighted by Crippen LogP contribution is -2.32.